The standard InChI is InChI=1S/C16H15Cl2NO/c17-14-4-3-10(15(18)7-14)6-16(19)11-1-2-12-8-20-9-13(12)5-11/h1-5,7,16H,6,8-9,19H2. The summed E-state index contributed by atoms with van der Waals surface area (Å²) in [6, 6.07) is 11.7. The van der Waals surface area contributed by atoms with Gasteiger partial charge in [-0.15, -0.1) is 0 Å². The van der Waals surface area contributed by atoms with Crippen LogP contribution in [0.4, 0.5) is 0 Å². The molecule has 2 aromatic carbocycles. The third kappa shape index (κ3) is 2.84. The van der Waals surface area contributed by atoms with E-state index in [-0.39, 0.29) is 6.04 Å². The molecule has 2 nitrogen and oxygen atoms in total. The number of halogens is 2. The van der Waals surface area contributed by atoms with Gasteiger partial charge in [0.05, 0.1) is 13.2 Å². The summed E-state index contributed by atoms with van der Waals surface area (Å²) in [7, 11) is 0. The molecule has 4 heteroatoms. The summed E-state index contributed by atoms with van der Waals surface area (Å²) in [5.74, 6) is 0. The second-order valence-corrected chi connectivity index (χ2v) is 5.91. The smallest absolute Gasteiger partial charge is 0.0725 e. The summed E-state index contributed by atoms with van der Waals surface area (Å²) in [6.45, 7) is 1.38. The molecule has 0 fully saturated rings. The molecule has 0 bridgehead atoms. The number of hydrogen-bond acceptors (Lipinski definition) is 2. The van der Waals surface area contributed by atoms with Gasteiger partial charge in [-0.2, -0.15) is 0 Å². The zero-order valence-electron chi connectivity index (χ0n) is 10.9. The monoisotopic (exact) mass is 307 g/mol. The van der Waals surface area contributed by atoms with E-state index < -0.39 is 0 Å². The second-order valence-electron chi connectivity index (χ2n) is 5.07. The van der Waals surface area contributed by atoms with E-state index in [1.165, 1.54) is 11.1 Å². The minimum Gasteiger partial charge on any atom is -0.372 e. The second kappa shape index (κ2) is 5.74. The first-order valence-corrected chi connectivity index (χ1v) is 7.28. The van der Waals surface area contributed by atoms with Crippen molar-refractivity contribution in [1.29, 1.82) is 0 Å². The summed E-state index contributed by atoms with van der Waals surface area (Å²) < 4.78 is 5.42. The molecular weight excluding hydrogens is 293 g/mol. The Morgan fingerprint density at radius 3 is 2.65 bits per heavy atom. The first-order valence-electron chi connectivity index (χ1n) is 6.52. The molecule has 0 amide bonds. The maximum absolute atomic E-state index is 6.30. The molecular formula is C16H15Cl2NO. The van der Waals surface area contributed by atoms with Crippen molar-refractivity contribution in [2.24, 2.45) is 5.73 Å². The first kappa shape index (κ1) is 13.9. The van der Waals surface area contributed by atoms with Gasteiger partial charge in [-0.25, -0.2) is 0 Å². The highest BCUT2D eigenvalue weighted by atomic mass is 35.5. The lowest BCUT2D eigenvalue weighted by Gasteiger charge is -2.14. The Kier molecular flexibility index (Phi) is 3.99. The van der Waals surface area contributed by atoms with Crippen LogP contribution >= 0.6 is 23.2 Å². The maximum atomic E-state index is 6.30. The Morgan fingerprint density at radius 1 is 1.05 bits per heavy atom. The third-order valence-corrected chi connectivity index (χ3v) is 4.22. The van der Waals surface area contributed by atoms with Crippen molar-refractivity contribution in [3.63, 3.8) is 0 Å². The van der Waals surface area contributed by atoms with Crippen molar-refractivity contribution >= 4 is 23.2 Å². The fourth-order valence-electron chi connectivity index (χ4n) is 2.46. The van der Waals surface area contributed by atoms with E-state index >= 15 is 0 Å². The van der Waals surface area contributed by atoms with Crippen LogP contribution in [-0.4, -0.2) is 0 Å². The molecule has 0 aliphatic carbocycles. The van der Waals surface area contributed by atoms with Gasteiger partial charge in [0.2, 0.25) is 0 Å². The van der Waals surface area contributed by atoms with Crippen molar-refractivity contribution in [1.82, 2.24) is 0 Å². The summed E-state index contributed by atoms with van der Waals surface area (Å²) in [6.07, 6.45) is 0.690. The quantitative estimate of drug-likeness (QED) is 0.919. The van der Waals surface area contributed by atoms with Crippen LogP contribution in [0.25, 0.3) is 0 Å². The Balaban J connectivity index is 1.80. The van der Waals surface area contributed by atoms with Crippen LogP contribution in [0.1, 0.15) is 28.3 Å². The Hall–Kier alpha value is -1.06. The third-order valence-electron chi connectivity index (χ3n) is 3.63. The molecule has 0 saturated carbocycles. The minimum atomic E-state index is -0.0837. The summed E-state index contributed by atoms with van der Waals surface area (Å²) in [4.78, 5) is 0. The fourth-order valence-corrected chi connectivity index (χ4v) is 2.95. The molecule has 1 aliphatic heterocycles. The van der Waals surface area contributed by atoms with Gasteiger partial charge in [-0.05, 0) is 40.8 Å². The van der Waals surface area contributed by atoms with Gasteiger partial charge in [0, 0.05) is 16.1 Å². The molecule has 0 aromatic heterocycles. The predicted octanol–water partition coefficient (Wildman–Crippen LogP) is 4.27. The number of nitrogens with two attached hydrogens (primary N) is 1. The topological polar surface area (TPSA) is 35.2 Å². The number of hydrogen-bond donors (Lipinski definition) is 1. The minimum absolute atomic E-state index is 0.0837. The van der Waals surface area contributed by atoms with Crippen LogP contribution in [0, 0.1) is 0 Å². The average molecular weight is 308 g/mol. The van der Waals surface area contributed by atoms with Crippen LogP contribution in [0.15, 0.2) is 36.4 Å². The van der Waals surface area contributed by atoms with E-state index in [0.717, 1.165) is 11.1 Å². The molecule has 0 radical (unpaired) electrons. The van der Waals surface area contributed by atoms with Crippen LogP contribution in [0.5, 0.6) is 0 Å². The van der Waals surface area contributed by atoms with Crippen molar-refractivity contribution in [2.45, 2.75) is 25.7 Å². The number of fused-ring (bicyclic) bond motifs is 1. The SMILES string of the molecule is NC(Cc1ccc(Cl)cc1Cl)c1ccc2c(c1)COC2. The highest BCUT2D eigenvalue weighted by molar-refractivity contribution is 6.35. The molecule has 3 rings (SSSR count). The molecule has 1 unspecified atom stereocenters. The van der Waals surface area contributed by atoms with Gasteiger partial charge in [-0.3, -0.25) is 0 Å². The largest absolute Gasteiger partial charge is 0.372 e. The van der Waals surface area contributed by atoms with E-state index in [2.05, 4.69) is 18.2 Å². The van der Waals surface area contributed by atoms with Gasteiger partial charge in [0.25, 0.3) is 0 Å². The van der Waals surface area contributed by atoms with Crippen LogP contribution in [0.3, 0.4) is 0 Å². The van der Waals surface area contributed by atoms with Crippen molar-refractivity contribution < 1.29 is 4.74 Å². The van der Waals surface area contributed by atoms with E-state index in [1.807, 2.05) is 12.1 Å². The highest BCUT2D eigenvalue weighted by Crippen LogP contribution is 2.27. The van der Waals surface area contributed by atoms with E-state index in [0.29, 0.717) is 29.7 Å². The molecule has 104 valence electrons. The van der Waals surface area contributed by atoms with Gasteiger partial charge in [0.15, 0.2) is 0 Å². The molecule has 0 saturated heterocycles. The molecule has 20 heavy (non-hydrogen) atoms. The molecule has 0 spiro atoms. The highest BCUT2D eigenvalue weighted by Gasteiger charge is 2.15. The van der Waals surface area contributed by atoms with Crippen molar-refractivity contribution in [2.75, 3.05) is 0 Å². The van der Waals surface area contributed by atoms with Crippen LogP contribution in [0.2, 0.25) is 10.0 Å². The van der Waals surface area contributed by atoms with Gasteiger partial charge in [0.1, 0.15) is 0 Å². The number of rotatable bonds is 3. The zero-order valence-corrected chi connectivity index (χ0v) is 12.4. The molecule has 2 N–H and O–H groups in total. The Bertz CT molecular complexity index is 642. The Labute approximate surface area is 128 Å². The van der Waals surface area contributed by atoms with Gasteiger partial charge in [-0.1, -0.05) is 47.5 Å². The lowest BCUT2D eigenvalue weighted by molar-refractivity contribution is 0.134. The lowest BCUT2D eigenvalue weighted by atomic mass is 9.96. The van der Waals surface area contributed by atoms with E-state index in [9.17, 15) is 0 Å². The summed E-state index contributed by atoms with van der Waals surface area (Å²) in [5.41, 5.74) is 10.9. The van der Waals surface area contributed by atoms with Gasteiger partial charge >= 0.3 is 0 Å². The molecule has 1 aliphatic rings. The summed E-state index contributed by atoms with van der Waals surface area (Å²) in [5, 5.41) is 1.31. The van der Waals surface area contributed by atoms with Gasteiger partial charge < -0.3 is 10.5 Å². The zero-order chi connectivity index (χ0) is 14.1. The van der Waals surface area contributed by atoms with E-state index in [1.54, 1.807) is 6.07 Å². The molecule has 2 aromatic rings. The first-order chi connectivity index (χ1) is 9.63. The van der Waals surface area contributed by atoms with Crippen molar-refractivity contribution in [3.05, 3.63) is 68.7 Å². The normalized spacial score (nSPS) is 15.2. The Morgan fingerprint density at radius 2 is 1.85 bits per heavy atom. The number of benzene rings is 2. The molecule has 1 atom stereocenters. The average Bonchev–Trinajstić information content (AvgIpc) is 2.89. The van der Waals surface area contributed by atoms with Crippen LogP contribution in [-0.2, 0) is 24.4 Å². The van der Waals surface area contributed by atoms with Crippen LogP contribution < -0.4 is 5.73 Å². The van der Waals surface area contributed by atoms with E-state index in [4.69, 9.17) is 33.7 Å². The lowest BCUT2D eigenvalue weighted by Crippen LogP contribution is -2.14. The molecule has 1 heterocycles. The predicted molar refractivity (Wildman–Crippen MR) is 82.0 cm³/mol. The maximum Gasteiger partial charge on any atom is 0.0725 e. The number of ether oxygens (including phenoxy) is 1. The fraction of sp³-hybridized carbons (Fsp3) is 0.250. The summed E-state index contributed by atoms with van der Waals surface area (Å²) >= 11 is 12.1. The van der Waals surface area contributed by atoms with Crippen molar-refractivity contribution in [3.8, 4) is 0 Å².